The molecule has 2 aromatic carbocycles. The van der Waals surface area contributed by atoms with E-state index in [9.17, 15) is 14.4 Å². The SMILES string of the molecule is Nc1ncc(-c2ccc(C(=O)N3CCC(N4CCCC4)CC3)cc2)cc1OCc1ccc(C(=O)NCCCN2CCCC2=O)cc1. The quantitative estimate of drug-likeness (QED) is 0.304. The Kier molecular flexibility index (Phi) is 10.1. The zero-order valence-corrected chi connectivity index (χ0v) is 26.5. The van der Waals surface area contributed by atoms with Crippen molar-refractivity contribution in [2.45, 2.75) is 57.6 Å². The van der Waals surface area contributed by atoms with Crippen molar-refractivity contribution in [3.8, 4) is 16.9 Å². The first-order chi connectivity index (χ1) is 22.4. The summed E-state index contributed by atoms with van der Waals surface area (Å²) in [4.78, 5) is 48.2. The molecular weight excluding hydrogens is 580 g/mol. The lowest BCUT2D eigenvalue weighted by molar-refractivity contribution is -0.127. The van der Waals surface area contributed by atoms with Crippen LogP contribution in [0.25, 0.3) is 11.1 Å². The number of hydrogen-bond donors (Lipinski definition) is 2. The van der Waals surface area contributed by atoms with Gasteiger partial charge in [0.1, 0.15) is 6.61 Å². The van der Waals surface area contributed by atoms with Gasteiger partial charge >= 0.3 is 0 Å². The maximum atomic E-state index is 13.2. The second-order valence-corrected chi connectivity index (χ2v) is 12.5. The number of anilines is 1. The normalized spacial score (nSPS) is 17.4. The number of benzene rings is 2. The van der Waals surface area contributed by atoms with Gasteiger partial charge in [0.05, 0.1) is 0 Å². The number of nitrogens with zero attached hydrogens (tertiary/aromatic N) is 4. The van der Waals surface area contributed by atoms with Gasteiger partial charge in [0.15, 0.2) is 11.6 Å². The Labute approximate surface area is 270 Å². The first-order valence-electron chi connectivity index (χ1n) is 16.6. The van der Waals surface area contributed by atoms with E-state index in [-0.39, 0.29) is 24.3 Å². The summed E-state index contributed by atoms with van der Waals surface area (Å²) in [6.45, 7) is 6.30. The van der Waals surface area contributed by atoms with Gasteiger partial charge in [-0.3, -0.25) is 14.4 Å². The van der Waals surface area contributed by atoms with Crippen LogP contribution in [0.15, 0.2) is 60.8 Å². The topological polar surface area (TPSA) is 121 Å². The van der Waals surface area contributed by atoms with Crippen LogP contribution in [0.4, 0.5) is 5.82 Å². The van der Waals surface area contributed by atoms with E-state index in [1.807, 2.05) is 52.3 Å². The third kappa shape index (κ3) is 7.67. The highest BCUT2D eigenvalue weighted by molar-refractivity contribution is 5.95. The molecule has 10 nitrogen and oxygen atoms in total. The number of ether oxygens (including phenoxy) is 1. The highest BCUT2D eigenvalue weighted by atomic mass is 16.5. The minimum atomic E-state index is -0.142. The van der Waals surface area contributed by atoms with Crippen molar-refractivity contribution >= 4 is 23.5 Å². The van der Waals surface area contributed by atoms with Crippen molar-refractivity contribution in [3.05, 3.63) is 77.5 Å². The van der Waals surface area contributed by atoms with Crippen molar-refractivity contribution in [2.24, 2.45) is 0 Å². The van der Waals surface area contributed by atoms with Crippen LogP contribution in [-0.4, -0.2) is 89.3 Å². The molecule has 0 bridgehead atoms. The van der Waals surface area contributed by atoms with E-state index in [0.29, 0.717) is 48.2 Å². The van der Waals surface area contributed by atoms with Gasteiger partial charge in [-0.2, -0.15) is 0 Å². The third-order valence-electron chi connectivity index (χ3n) is 9.43. The molecule has 0 aliphatic carbocycles. The predicted octanol–water partition coefficient (Wildman–Crippen LogP) is 4.35. The minimum Gasteiger partial charge on any atom is -0.485 e. The summed E-state index contributed by atoms with van der Waals surface area (Å²) < 4.78 is 6.02. The smallest absolute Gasteiger partial charge is 0.253 e. The van der Waals surface area contributed by atoms with Crippen LogP contribution >= 0.6 is 0 Å². The monoisotopic (exact) mass is 624 g/mol. The van der Waals surface area contributed by atoms with Gasteiger partial charge in [0.25, 0.3) is 11.8 Å². The molecular formula is C36H44N6O4. The second-order valence-electron chi connectivity index (χ2n) is 12.5. The Hall–Kier alpha value is -4.44. The average molecular weight is 625 g/mol. The predicted molar refractivity (Wildman–Crippen MR) is 177 cm³/mol. The largest absolute Gasteiger partial charge is 0.485 e. The standard InChI is InChI=1S/C36H44N6O4/c37-34-32(46-25-26-6-8-28(9-7-26)35(44)38-16-4-20-41-19-3-5-33(41)43)23-30(24-39-34)27-10-12-29(13-11-27)36(45)42-21-14-31(15-22-42)40-17-1-2-18-40/h6-13,23-24,31H,1-5,14-22,25H2,(H2,37,39)(H,38,44). The summed E-state index contributed by atoms with van der Waals surface area (Å²) in [7, 11) is 0. The first-order valence-corrected chi connectivity index (χ1v) is 16.6. The fourth-order valence-electron chi connectivity index (χ4n) is 6.69. The first kappa shape index (κ1) is 31.5. The van der Waals surface area contributed by atoms with E-state index in [2.05, 4.69) is 15.2 Å². The molecule has 0 spiro atoms. The summed E-state index contributed by atoms with van der Waals surface area (Å²) in [5, 5.41) is 2.93. The van der Waals surface area contributed by atoms with Crippen molar-refractivity contribution in [2.75, 3.05) is 51.5 Å². The molecule has 0 unspecified atom stereocenters. The number of likely N-dealkylation sites (tertiary alicyclic amines) is 3. The lowest BCUT2D eigenvalue weighted by atomic mass is 10.0. The van der Waals surface area contributed by atoms with Crippen molar-refractivity contribution in [1.29, 1.82) is 0 Å². The van der Waals surface area contributed by atoms with Gasteiger partial charge in [-0.1, -0.05) is 24.3 Å². The molecule has 3 fully saturated rings. The third-order valence-corrected chi connectivity index (χ3v) is 9.43. The highest BCUT2D eigenvalue weighted by Gasteiger charge is 2.28. The summed E-state index contributed by atoms with van der Waals surface area (Å²) in [5.74, 6) is 0.908. The molecule has 6 rings (SSSR count). The summed E-state index contributed by atoms with van der Waals surface area (Å²) in [6, 6.07) is 17.4. The summed E-state index contributed by atoms with van der Waals surface area (Å²) in [5.41, 5.74) is 10.0. The number of nitrogens with two attached hydrogens (primary N) is 1. The Morgan fingerprint density at radius 3 is 2.30 bits per heavy atom. The molecule has 3 aliphatic heterocycles. The Bertz CT molecular complexity index is 1510. The summed E-state index contributed by atoms with van der Waals surface area (Å²) in [6.07, 6.45) is 8.68. The number of nitrogens with one attached hydrogen (secondary N) is 1. The van der Waals surface area contributed by atoms with Crippen LogP contribution in [0.3, 0.4) is 0 Å². The molecule has 0 atom stereocenters. The molecule has 10 heteroatoms. The van der Waals surface area contributed by atoms with E-state index < -0.39 is 0 Å². The van der Waals surface area contributed by atoms with Crippen molar-refractivity contribution in [3.63, 3.8) is 0 Å². The minimum absolute atomic E-state index is 0.0876. The molecule has 0 saturated carbocycles. The van der Waals surface area contributed by atoms with Gasteiger partial charge in [-0.05, 0) is 93.1 Å². The maximum Gasteiger partial charge on any atom is 0.253 e. The van der Waals surface area contributed by atoms with Crippen molar-refractivity contribution in [1.82, 2.24) is 25.0 Å². The van der Waals surface area contributed by atoms with Gasteiger partial charge in [0.2, 0.25) is 5.91 Å². The van der Waals surface area contributed by atoms with Gasteiger partial charge in [0, 0.05) is 68.1 Å². The highest BCUT2D eigenvalue weighted by Crippen LogP contribution is 2.29. The van der Waals surface area contributed by atoms with E-state index in [0.717, 1.165) is 62.0 Å². The van der Waals surface area contributed by atoms with E-state index in [1.165, 1.54) is 25.9 Å². The molecule has 1 aromatic heterocycles. The van der Waals surface area contributed by atoms with Crippen LogP contribution in [0.1, 0.15) is 71.2 Å². The van der Waals surface area contributed by atoms with E-state index in [4.69, 9.17) is 10.5 Å². The lowest BCUT2D eigenvalue weighted by Gasteiger charge is -2.36. The van der Waals surface area contributed by atoms with Crippen LogP contribution in [-0.2, 0) is 11.4 Å². The van der Waals surface area contributed by atoms with Gasteiger partial charge < -0.3 is 30.5 Å². The Balaban J connectivity index is 0.983. The average Bonchev–Trinajstić information content (AvgIpc) is 3.79. The number of nitrogen functional groups attached to an aromatic ring is 1. The number of pyridine rings is 1. The zero-order valence-electron chi connectivity index (χ0n) is 26.5. The number of piperidine rings is 1. The summed E-state index contributed by atoms with van der Waals surface area (Å²) >= 11 is 0. The Morgan fingerprint density at radius 1 is 0.891 bits per heavy atom. The van der Waals surface area contributed by atoms with Crippen LogP contribution in [0, 0.1) is 0 Å². The van der Waals surface area contributed by atoms with Crippen molar-refractivity contribution < 1.29 is 19.1 Å². The molecule has 3 amide bonds. The van der Waals surface area contributed by atoms with E-state index in [1.54, 1.807) is 18.3 Å². The number of hydrogen-bond acceptors (Lipinski definition) is 7. The number of amides is 3. The molecule has 3 N–H and O–H groups in total. The molecule has 4 heterocycles. The fourth-order valence-corrected chi connectivity index (χ4v) is 6.69. The molecule has 3 aromatic rings. The van der Waals surface area contributed by atoms with E-state index >= 15 is 0 Å². The fraction of sp³-hybridized carbons (Fsp3) is 0.444. The lowest BCUT2D eigenvalue weighted by Crippen LogP contribution is -2.45. The second kappa shape index (κ2) is 14.8. The zero-order chi connectivity index (χ0) is 31.9. The number of carbonyl (C=O) groups excluding carboxylic acids is 3. The Morgan fingerprint density at radius 2 is 1.61 bits per heavy atom. The maximum absolute atomic E-state index is 13.2. The van der Waals surface area contributed by atoms with Crippen LogP contribution in [0.5, 0.6) is 5.75 Å². The number of carbonyl (C=O) groups is 3. The van der Waals surface area contributed by atoms with Crippen LogP contribution < -0.4 is 15.8 Å². The molecule has 3 aliphatic rings. The molecule has 46 heavy (non-hydrogen) atoms. The number of rotatable bonds is 11. The molecule has 242 valence electrons. The van der Waals surface area contributed by atoms with Gasteiger partial charge in [-0.25, -0.2) is 4.98 Å². The number of aromatic nitrogens is 1. The molecule has 0 radical (unpaired) electrons. The molecule has 3 saturated heterocycles. The van der Waals surface area contributed by atoms with Crippen LogP contribution in [0.2, 0.25) is 0 Å². The van der Waals surface area contributed by atoms with Gasteiger partial charge in [-0.15, -0.1) is 0 Å².